The Morgan fingerprint density at radius 2 is 2.17 bits per heavy atom. The molecule has 1 aliphatic rings. The van der Waals surface area contributed by atoms with Crippen LogP contribution in [0.2, 0.25) is 0 Å². The number of hydrogen-bond donors (Lipinski definition) is 1. The molecule has 2 nitrogen and oxygen atoms in total. The number of nitrogens with zero attached hydrogens (tertiary/aromatic N) is 1. The monoisotopic (exact) mass is 328 g/mol. The van der Waals surface area contributed by atoms with Crippen molar-refractivity contribution in [3.8, 4) is 0 Å². The summed E-state index contributed by atoms with van der Waals surface area (Å²) in [5, 5.41) is 0. The quantitative estimate of drug-likeness (QED) is 0.838. The Hall–Kier alpha value is -0.190. The summed E-state index contributed by atoms with van der Waals surface area (Å²) in [5.74, 6) is 1.22. The van der Waals surface area contributed by atoms with Crippen molar-refractivity contribution in [3.63, 3.8) is 0 Å². The van der Waals surface area contributed by atoms with E-state index in [9.17, 15) is 0 Å². The van der Waals surface area contributed by atoms with E-state index in [1.54, 1.807) is 0 Å². The highest BCUT2D eigenvalue weighted by Crippen LogP contribution is 2.31. The van der Waals surface area contributed by atoms with E-state index in [0.29, 0.717) is 4.75 Å². The molecule has 1 saturated heterocycles. The fourth-order valence-corrected chi connectivity index (χ4v) is 3.69. The number of thioether (sulfide) groups is 1. The molecule has 0 atom stereocenters. The molecule has 0 aromatic heterocycles. The lowest BCUT2D eigenvalue weighted by Gasteiger charge is -2.23. The van der Waals surface area contributed by atoms with E-state index >= 15 is 0 Å². The van der Waals surface area contributed by atoms with E-state index in [0.717, 1.165) is 23.2 Å². The van der Waals surface area contributed by atoms with Gasteiger partial charge in [-0.15, -0.1) is 0 Å². The Morgan fingerprint density at radius 1 is 1.39 bits per heavy atom. The predicted molar refractivity (Wildman–Crippen MR) is 85.0 cm³/mol. The molecule has 4 heteroatoms. The molecule has 2 N–H and O–H groups in total. The molecule has 0 unspecified atom stereocenters. The maximum absolute atomic E-state index is 5.86. The summed E-state index contributed by atoms with van der Waals surface area (Å²) in [5.41, 5.74) is 8.00. The van der Waals surface area contributed by atoms with Crippen LogP contribution >= 0.6 is 27.7 Å². The Balaban J connectivity index is 2.03. The highest BCUT2D eigenvalue weighted by atomic mass is 79.9. The molecule has 0 aliphatic carbocycles. The van der Waals surface area contributed by atoms with Crippen LogP contribution in [0.5, 0.6) is 0 Å². The van der Waals surface area contributed by atoms with Gasteiger partial charge < -0.3 is 5.73 Å². The van der Waals surface area contributed by atoms with E-state index in [2.05, 4.69) is 52.5 Å². The summed E-state index contributed by atoms with van der Waals surface area (Å²) in [6, 6.07) is 6.06. The van der Waals surface area contributed by atoms with Gasteiger partial charge in [0.1, 0.15) is 0 Å². The van der Waals surface area contributed by atoms with Crippen LogP contribution in [0.4, 0.5) is 5.69 Å². The molecule has 2 rings (SSSR count). The maximum Gasteiger partial charge on any atom is 0.0318 e. The van der Waals surface area contributed by atoms with Gasteiger partial charge in [-0.2, -0.15) is 11.8 Å². The van der Waals surface area contributed by atoms with Crippen LogP contribution in [-0.4, -0.2) is 28.5 Å². The average Bonchev–Trinajstić information content (AvgIpc) is 2.46. The van der Waals surface area contributed by atoms with Crippen molar-refractivity contribution in [3.05, 3.63) is 28.2 Å². The first-order valence-electron chi connectivity index (χ1n) is 6.36. The van der Waals surface area contributed by atoms with Crippen LogP contribution in [0.25, 0.3) is 0 Å². The van der Waals surface area contributed by atoms with Crippen molar-refractivity contribution in [2.24, 2.45) is 0 Å². The molecule has 1 heterocycles. The topological polar surface area (TPSA) is 29.3 Å². The van der Waals surface area contributed by atoms with Gasteiger partial charge in [0.25, 0.3) is 0 Å². The number of halogens is 1. The van der Waals surface area contributed by atoms with E-state index < -0.39 is 0 Å². The summed E-state index contributed by atoms with van der Waals surface area (Å²) in [4.78, 5) is 2.53. The van der Waals surface area contributed by atoms with E-state index in [1.807, 2.05) is 12.1 Å². The lowest BCUT2D eigenvalue weighted by molar-refractivity contribution is 0.276. The summed E-state index contributed by atoms with van der Waals surface area (Å²) < 4.78 is 1.58. The Bertz CT molecular complexity index is 420. The van der Waals surface area contributed by atoms with Gasteiger partial charge in [0.2, 0.25) is 0 Å². The van der Waals surface area contributed by atoms with Crippen LogP contribution in [-0.2, 0) is 6.54 Å². The molecule has 1 aromatic rings. The van der Waals surface area contributed by atoms with Gasteiger partial charge in [-0.25, -0.2) is 0 Å². The second-order valence-electron chi connectivity index (χ2n) is 5.49. The third kappa shape index (κ3) is 3.90. The Labute approximate surface area is 122 Å². The van der Waals surface area contributed by atoms with Crippen molar-refractivity contribution in [2.45, 2.75) is 31.6 Å². The molecule has 0 amide bonds. The first-order valence-corrected chi connectivity index (χ1v) is 8.14. The SMILES string of the molecule is CC1(C)CCN(Cc2cc(N)ccc2Br)CCS1. The minimum Gasteiger partial charge on any atom is -0.399 e. The molecule has 1 aromatic carbocycles. The molecule has 100 valence electrons. The number of nitrogens with two attached hydrogens (primary N) is 1. The number of anilines is 1. The molecule has 18 heavy (non-hydrogen) atoms. The summed E-state index contributed by atoms with van der Waals surface area (Å²) in [7, 11) is 0. The van der Waals surface area contributed by atoms with Gasteiger partial charge in [0.05, 0.1) is 0 Å². The minimum atomic E-state index is 0.418. The summed E-state index contributed by atoms with van der Waals surface area (Å²) in [6.07, 6.45) is 1.25. The van der Waals surface area contributed by atoms with Crippen molar-refractivity contribution >= 4 is 33.4 Å². The van der Waals surface area contributed by atoms with Crippen molar-refractivity contribution in [1.82, 2.24) is 4.90 Å². The van der Waals surface area contributed by atoms with Gasteiger partial charge in [-0.3, -0.25) is 4.90 Å². The zero-order valence-corrected chi connectivity index (χ0v) is 13.5. The third-order valence-corrected chi connectivity index (χ3v) is 5.54. The number of benzene rings is 1. The molecule has 1 aliphatic heterocycles. The first-order chi connectivity index (χ1) is 8.46. The fraction of sp³-hybridized carbons (Fsp3) is 0.571. The van der Waals surface area contributed by atoms with E-state index in [-0.39, 0.29) is 0 Å². The lowest BCUT2D eigenvalue weighted by Crippen LogP contribution is -2.27. The standard InChI is InChI=1S/C14H21BrN2S/c1-14(2)5-6-17(7-8-18-14)10-11-9-12(16)3-4-13(11)15/h3-4,9H,5-8,10,16H2,1-2H3. The van der Waals surface area contributed by atoms with Crippen LogP contribution in [0.15, 0.2) is 22.7 Å². The minimum absolute atomic E-state index is 0.418. The first kappa shape index (κ1) is 14.2. The highest BCUT2D eigenvalue weighted by Gasteiger charge is 2.23. The normalized spacial score (nSPS) is 20.6. The second kappa shape index (κ2) is 5.85. The zero-order valence-electron chi connectivity index (χ0n) is 11.1. The molecular weight excluding hydrogens is 308 g/mol. The van der Waals surface area contributed by atoms with Crippen LogP contribution < -0.4 is 5.73 Å². The van der Waals surface area contributed by atoms with Gasteiger partial charge >= 0.3 is 0 Å². The highest BCUT2D eigenvalue weighted by molar-refractivity contribution is 9.10. The average molecular weight is 329 g/mol. The largest absolute Gasteiger partial charge is 0.399 e. The smallest absolute Gasteiger partial charge is 0.0318 e. The van der Waals surface area contributed by atoms with Crippen LogP contribution in [0, 0.1) is 0 Å². The number of nitrogen functional groups attached to an aromatic ring is 1. The van der Waals surface area contributed by atoms with Gasteiger partial charge in [0.15, 0.2) is 0 Å². The van der Waals surface area contributed by atoms with Crippen molar-refractivity contribution in [2.75, 3.05) is 24.6 Å². The molecule has 1 fully saturated rings. The molecule has 0 radical (unpaired) electrons. The van der Waals surface area contributed by atoms with E-state index in [4.69, 9.17) is 5.73 Å². The van der Waals surface area contributed by atoms with Gasteiger partial charge in [-0.05, 0) is 36.7 Å². The van der Waals surface area contributed by atoms with Crippen molar-refractivity contribution in [1.29, 1.82) is 0 Å². The predicted octanol–water partition coefficient (Wildman–Crippen LogP) is 3.75. The van der Waals surface area contributed by atoms with Gasteiger partial charge in [0, 0.05) is 33.7 Å². The van der Waals surface area contributed by atoms with E-state index in [1.165, 1.54) is 24.3 Å². The number of hydrogen-bond acceptors (Lipinski definition) is 3. The molecule has 0 bridgehead atoms. The van der Waals surface area contributed by atoms with Gasteiger partial charge in [-0.1, -0.05) is 29.8 Å². The fourth-order valence-electron chi connectivity index (χ4n) is 2.18. The van der Waals surface area contributed by atoms with Crippen molar-refractivity contribution < 1.29 is 0 Å². The molecule has 0 spiro atoms. The summed E-state index contributed by atoms with van der Waals surface area (Å²) in [6.45, 7) is 8.01. The maximum atomic E-state index is 5.86. The Morgan fingerprint density at radius 3 is 2.94 bits per heavy atom. The van der Waals surface area contributed by atoms with Crippen LogP contribution in [0.3, 0.4) is 0 Å². The lowest BCUT2D eigenvalue weighted by atomic mass is 10.1. The third-order valence-electron chi connectivity index (χ3n) is 3.39. The molecule has 0 saturated carbocycles. The number of rotatable bonds is 2. The Kier molecular flexibility index (Phi) is 4.62. The van der Waals surface area contributed by atoms with Crippen LogP contribution in [0.1, 0.15) is 25.8 Å². The molecular formula is C14H21BrN2S. The second-order valence-corrected chi connectivity index (χ2v) is 8.14. The zero-order chi connectivity index (χ0) is 13.2. The summed E-state index contributed by atoms with van der Waals surface area (Å²) >= 11 is 5.70.